The molecule has 1 aliphatic heterocycles. The van der Waals surface area contributed by atoms with E-state index in [2.05, 4.69) is 10.2 Å². The van der Waals surface area contributed by atoms with Crippen molar-refractivity contribution in [3.05, 3.63) is 30.3 Å². The van der Waals surface area contributed by atoms with Crippen molar-refractivity contribution in [2.24, 2.45) is 0 Å². The van der Waals surface area contributed by atoms with Crippen LogP contribution in [0, 0.1) is 0 Å². The van der Waals surface area contributed by atoms with Gasteiger partial charge in [0.2, 0.25) is 0 Å². The highest BCUT2D eigenvalue weighted by Crippen LogP contribution is 2.18. The van der Waals surface area contributed by atoms with Crippen LogP contribution in [0.1, 0.15) is 12.8 Å². The number of benzene rings is 1. The van der Waals surface area contributed by atoms with Gasteiger partial charge in [0.25, 0.3) is 0 Å². The maximum Gasteiger partial charge on any atom is 0.173 e. The third kappa shape index (κ3) is 2.51. The standard InChI is InChI=1S/C12H16N2OS/c15-9-11-7-4-8-14(11)12(16)13-10-5-2-1-3-6-10/h1-3,5-6,11,15H,4,7-9H2,(H,13,16)/t11-/m1/s1. The monoisotopic (exact) mass is 236 g/mol. The summed E-state index contributed by atoms with van der Waals surface area (Å²) in [7, 11) is 0. The SMILES string of the molecule is OC[C@H]1CCCN1C(=S)Nc1ccccc1. The van der Waals surface area contributed by atoms with E-state index in [9.17, 15) is 5.11 Å². The van der Waals surface area contributed by atoms with Gasteiger partial charge in [-0.15, -0.1) is 0 Å². The molecule has 1 heterocycles. The second kappa shape index (κ2) is 5.27. The number of aliphatic hydroxyl groups is 1. The van der Waals surface area contributed by atoms with Crippen LogP contribution in [-0.2, 0) is 0 Å². The summed E-state index contributed by atoms with van der Waals surface area (Å²) in [5.74, 6) is 0. The minimum Gasteiger partial charge on any atom is -0.394 e. The van der Waals surface area contributed by atoms with Crippen LogP contribution in [-0.4, -0.2) is 34.3 Å². The summed E-state index contributed by atoms with van der Waals surface area (Å²) in [6, 6.07) is 10.1. The van der Waals surface area contributed by atoms with Gasteiger partial charge >= 0.3 is 0 Å². The smallest absolute Gasteiger partial charge is 0.173 e. The molecule has 0 spiro atoms. The molecular formula is C12H16N2OS. The van der Waals surface area contributed by atoms with Gasteiger partial charge in [0.15, 0.2) is 5.11 Å². The fourth-order valence-electron chi connectivity index (χ4n) is 2.01. The first-order valence-corrected chi connectivity index (χ1v) is 5.95. The predicted octanol–water partition coefficient (Wildman–Crippen LogP) is 1.84. The molecule has 1 saturated heterocycles. The molecule has 1 fully saturated rings. The highest BCUT2D eigenvalue weighted by molar-refractivity contribution is 7.80. The van der Waals surface area contributed by atoms with E-state index in [1.807, 2.05) is 30.3 Å². The molecular weight excluding hydrogens is 220 g/mol. The van der Waals surface area contributed by atoms with Crippen molar-refractivity contribution in [3.8, 4) is 0 Å². The lowest BCUT2D eigenvalue weighted by atomic mass is 10.2. The van der Waals surface area contributed by atoms with Gasteiger partial charge in [-0.05, 0) is 37.2 Å². The lowest BCUT2D eigenvalue weighted by Crippen LogP contribution is -2.40. The number of nitrogens with one attached hydrogen (secondary N) is 1. The van der Waals surface area contributed by atoms with Gasteiger partial charge in [-0.2, -0.15) is 0 Å². The Bertz CT molecular complexity index is 355. The molecule has 0 aromatic heterocycles. The maximum atomic E-state index is 9.22. The summed E-state index contributed by atoms with van der Waals surface area (Å²) in [4.78, 5) is 2.07. The van der Waals surface area contributed by atoms with E-state index in [1.165, 1.54) is 0 Å². The van der Waals surface area contributed by atoms with E-state index in [4.69, 9.17) is 12.2 Å². The third-order valence-electron chi connectivity index (χ3n) is 2.87. The van der Waals surface area contributed by atoms with Crippen LogP contribution < -0.4 is 5.32 Å². The summed E-state index contributed by atoms with van der Waals surface area (Å²) < 4.78 is 0. The summed E-state index contributed by atoms with van der Waals surface area (Å²) in [5, 5.41) is 13.1. The van der Waals surface area contributed by atoms with E-state index in [0.29, 0.717) is 5.11 Å². The molecule has 3 nitrogen and oxygen atoms in total. The van der Waals surface area contributed by atoms with Crippen molar-refractivity contribution in [3.63, 3.8) is 0 Å². The minimum absolute atomic E-state index is 0.177. The first-order valence-electron chi connectivity index (χ1n) is 5.55. The second-order valence-corrected chi connectivity index (χ2v) is 4.35. The summed E-state index contributed by atoms with van der Waals surface area (Å²) in [6.07, 6.45) is 2.12. The first kappa shape index (κ1) is 11.4. The maximum absolute atomic E-state index is 9.22. The van der Waals surface area contributed by atoms with Gasteiger partial charge < -0.3 is 15.3 Å². The molecule has 0 bridgehead atoms. The molecule has 1 atom stereocenters. The second-order valence-electron chi connectivity index (χ2n) is 3.97. The van der Waals surface area contributed by atoms with Crippen LogP contribution in [0.5, 0.6) is 0 Å². The number of aliphatic hydroxyl groups excluding tert-OH is 1. The number of rotatable bonds is 2. The molecule has 1 aliphatic rings. The number of para-hydroxylation sites is 1. The molecule has 0 aliphatic carbocycles. The van der Waals surface area contributed by atoms with Gasteiger partial charge in [-0.3, -0.25) is 0 Å². The van der Waals surface area contributed by atoms with Crippen LogP contribution in [0.25, 0.3) is 0 Å². The fraction of sp³-hybridized carbons (Fsp3) is 0.417. The number of hydrogen-bond donors (Lipinski definition) is 2. The normalized spacial score (nSPS) is 19.8. The number of hydrogen-bond acceptors (Lipinski definition) is 2. The van der Waals surface area contributed by atoms with E-state index < -0.39 is 0 Å². The topological polar surface area (TPSA) is 35.5 Å². The lowest BCUT2D eigenvalue weighted by molar-refractivity contribution is 0.210. The molecule has 0 radical (unpaired) electrons. The number of nitrogens with zero attached hydrogens (tertiary/aromatic N) is 1. The zero-order chi connectivity index (χ0) is 11.4. The Morgan fingerprint density at radius 3 is 2.88 bits per heavy atom. The Morgan fingerprint density at radius 1 is 1.44 bits per heavy atom. The zero-order valence-electron chi connectivity index (χ0n) is 9.10. The molecule has 16 heavy (non-hydrogen) atoms. The Hall–Kier alpha value is -1.13. The highest BCUT2D eigenvalue weighted by atomic mass is 32.1. The molecule has 2 rings (SSSR count). The molecule has 1 aromatic carbocycles. The van der Waals surface area contributed by atoms with Gasteiger partial charge in [0, 0.05) is 12.2 Å². The Labute approximate surface area is 101 Å². The van der Waals surface area contributed by atoms with Gasteiger partial charge in [-0.25, -0.2) is 0 Å². The van der Waals surface area contributed by atoms with Gasteiger partial charge in [0.1, 0.15) is 0 Å². The molecule has 86 valence electrons. The van der Waals surface area contributed by atoms with Crippen molar-refractivity contribution in [2.45, 2.75) is 18.9 Å². The Balaban J connectivity index is 1.98. The largest absolute Gasteiger partial charge is 0.394 e. The summed E-state index contributed by atoms with van der Waals surface area (Å²) in [6.45, 7) is 1.11. The number of thiocarbonyl (C=S) groups is 1. The van der Waals surface area contributed by atoms with Crippen molar-refractivity contribution in [1.82, 2.24) is 4.90 Å². The van der Waals surface area contributed by atoms with E-state index in [-0.39, 0.29) is 12.6 Å². The average molecular weight is 236 g/mol. The summed E-state index contributed by atoms with van der Waals surface area (Å²) >= 11 is 5.34. The molecule has 0 amide bonds. The molecule has 0 unspecified atom stereocenters. The van der Waals surface area contributed by atoms with E-state index in [0.717, 1.165) is 25.1 Å². The van der Waals surface area contributed by atoms with Crippen LogP contribution in [0.15, 0.2) is 30.3 Å². The van der Waals surface area contributed by atoms with Crippen molar-refractivity contribution >= 4 is 23.0 Å². The summed E-state index contributed by atoms with van der Waals surface area (Å²) in [5.41, 5.74) is 0.996. The Morgan fingerprint density at radius 2 is 2.19 bits per heavy atom. The molecule has 1 aromatic rings. The van der Waals surface area contributed by atoms with Crippen molar-refractivity contribution in [1.29, 1.82) is 0 Å². The van der Waals surface area contributed by atoms with Gasteiger partial charge in [-0.1, -0.05) is 18.2 Å². The van der Waals surface area contributed by atoms with Crippen LogP contribution in [0.2, 0.25) is 0 Å². The predicted molar refractivity (Wildman–Crippen MR) is 69.5 cm³/mol. The zero-order valence-corrected chi connectivity index (χ0v) is 9.91. The van der Waals surface area contributed by atoms with Crippen LogP contribution in [0.3, 0.4) is 0 Å². The minimum atomic E-state index is 0.177. The quantitative estimate of drug-likeness (QED) is 0.768. The van der Waals surface area contributed by atoms with Crippen molar-refractivity contribution < 1.29 is 5.11 Å². The number of anilines is 1. The molecule has 0 saturated carbocycles. The highest BCUT2D eigenvalue weighted by Gasteiger charge is 2.25. The van der Waals surface area contributed by atoms with Crippen LogP contribution in [0.4, 0.5) is 5.69 Å². The third-order valence-corrected chi connectivity index (χ3v) is 3.21. The van der Waals surface area contributed by atoms with Crippen molar-refractivity contribution in [2.75, 3.05) is 18.5 Å². The first-order chi connectivity index (χ1) is 7.81. The van der Waals surface area contributed by atoms with E-state index in [1.54, 1.807) is 0 Å². The number of likely N-dealkylation sites (tertiary alicyclic amines) is 1. The molecule has 4 heteroatoms. The van der Waals surface area contributed by atoms with Crippen LogP contribution >= 0.6 is 12.2 Å². The van der Waals surface area contributed by atoms with E-state index >= 15 is 0 Å². The average Bonchev–Trinajstić information content (AvgIpc) is 2.78. The lowest BCUT2D eigenvalue weighted by Gasteiger charge is -2.26. The fourth-order valence-corrected chi connectivity index (χ4v) is 2.37. The molecule has 2 N–H and O–H groups in total. The Kier molecular flexibility index (Phi) is 3.74. The van der Waals surface area contributed by atoms with Gasteiger partial charge in [0.05, 0.1) is 12.6 Å².